The van der Waals surface area contributed by atoms with Crippen molar-refractivity contribution < 1.29 is 22.7 Å². The van der Waals surface area contributed by atoms with E-state index in [9.17, 15) is 13.2 Å². The van der Waals surface area contributed by atoms with Crippen LogP contribution in [0.5, 0.6) is 11.5 Å². The molecule has 0 aliphatic carbocycles. The molecule has 32 heavy (non-hydrogen) atoms. The Bertz CT molecular complexity index is 1010. The van der Waals surface area contributed by atoms with E-state index < -0.39 is 10.0 Å². The first kappa shape index (κ1) is 24.0. The maximum absolute atomic E-state index is 13.6. The lowest BCUT2D eigenvalue weighted by molar-refractivity contribution is -0.132. The summed E-state index contributed by atoms with van der Waals surface area (Å²) in [4.78, 5) is 14.7. The highest BCUT2D eigenvalue weighted by atomic mass is 32.2. The first-order valence-electron chi connectivity index (χ1n) is 10.6. The van der Waals surface area contributed by atoms with Gasteiger partial charge in [0.15, 0.2) is 11.5 Å². The molecular formula is C23H31N3O5S. The molecule has 0 saturated carbocycles. The Kier molecular flexibility index (Phi) is 8.11. The van der Waals surface area contributed by atoms with Crippen LogP contribution in [0, 0.1) is 0 Å². The monoisotopic (exact) mass is 461 g/mol. The van der Waals surface area contributed by atoms with Crippen LogP contribution in [-0.4, -0.2) is 77.0 Å². The first-order chi connectivity index (χ1) is 15.4. The molecule has 1 fully saturated rings. The highest BCUT2D eigenvalue weighted by molar-refractivity contribution is 7.89. The van der Waals surface area contributed by atoms with Gasteiger partial charge in [0.1, 0.15) is 0 Å². The van der Waals surface area contributed by atoms with Gasteiger partial charge in [-0.2, -0.15) is 4.31 Å². The topological polar surface area (TPSA) is 88.2 Å². The summed E-state index contributed by atoms with van der Waals surface area (Å²) in [7, 11) is -1.01. The number of carbonyl (C=O) groups is 1. The standard InChI is InChI=1S/C23H31N3O5S/c1-18(19-7-5-4-6-8-19)16-26(17-23(27)25-13-11-24-12-14-25)32(28,29)20-9-10-21(30-2)22(15-20)31-3/h4-10,15,18,24H,11-14,16-17H2,1-3H3/t18-/m1/s1. The lowest BCUT2D eigenvalue weighted by Gasteiger charge is -2.31. The number of benzene rings is 2. The van der Waals surface area contributed by atoms with Crippen molar-refractivity contribution in [1.82, 2.24) is 14.5 Å². The Hall–Kier alpha value is -2.62. The number of carbonyl (C=O) groups excluding carboxylic acids is 1. The van der Waals surface area contributed by atoms with E-state index in [4.69, 9.17) is 9.47 Å². The average molecular weight is 462 g/mol. The summed E-state index contributed by atoms with van der Waals surface area (Å²) in [5.41, 5.74) is 1.01. The predicted molar refractivity (Wildman–Crippen MR) is 123 cm³/mol. The Morgan fingerprint density at radius 2 is 1.72 bits per heavy atom. The number of amides is 1. The summed E-state index contributed by atoms with van der Waals surface area (Å²) in [5.74, 6) is 0.461. The quantitative estimate of drug-likeness (QED) is 0.614. The Morgan fingerprint density at radius 3 is 2.34 bits per heavy atom. The third kappa shape index (κ3) is 5.59. The Balaban J connectivity index is 1.91. The van der Waals surface area contributed by atoms with Gasteiger partial charge in [0.05, 0.1) is 25.7 Å². The van der Waals surface area contributed by atoms with Gasteiger partial charge < -0.3 is 19.7 Å². The zero-order chi connectivity index (χ0) is 23.1. The number of hydrogen-bond donors (Lipinski definition) is 1. The fourth-order valence-corrected chi connectivity index (χ4v) is 5.23. The zero-order valence-electron chi connectivity index (χ0n) is 18.8. The van der Waals surface area contributed by atoms with E-state index in [1.54, 1.807) is 11.0 Å². The third-order valence-electron chi connectivity index (χ3n) is 5.62. The minimum Gasteiger partial charge on any atom is -0.493 e. The van der Waals surface area contributed by atoms with E-state index in [0.29, 0.717) is 37.7 Å². The van der Waals surface area contributed by atoms with Crippen molar-refractivity contribution in [1.29, 1.82) is 0 Å². The van der Waals surface area contributed by atoms with Crippen molar-refractivity contribution in [3.63, 3.8) is 0 Å². The highest BCUT2D eigenvalue weighted by Crippen LogP contribution is 2.31. The second-order valence-electron chi connectivity index (χ2n) is 7.76. The molecule has 3 rings (SSSR count). The van der Waals surface area contributed by atoms with Crippen LogP contribution in [0.4, 0.5) is 0 Å². The molecule has 9 heteroatoms. The molecule has 0 bridgehead atoms. The van der Waals surface area contributed by atoms with Crippen LogP contribution >= 0.6 is 0 Å². The Labute approximate surface area is 190 Å². The van der Waals surface area contributed by atoms with E-state index >= 15 is 0 Å². The van der Waals surface area contributed by atoms with Crippen LogP contribution in [0.25, 0.3) is 0 Å². The van der Waals surface area contributed by atoms with Crippen molar-refractivity contribution in [2.75, 3.05) is 53.5 Å². The smallest absolute Gasteiger partial charge is 0.243 e. The van der Waals surface area contributed by atoms with Gasteiger partial charge in [0.2, 0.25) is 15.9 Å². The molecular weight excluding hydrogens is 430 g/mol. The summed E-state index contributed by atoms with van der Waals surface area (Å²) in [6.07, 6.45) is 0. The van der Waals surface area contributed by atoms with Crippen LogP contribution in [0.15, 0.2) is 53.4 Å². The molecule has 2 aromatic carbocycles. The van der Waals surface area contributed by atoms with Gasteiger partial charge in [-0.05, 0) is 23.6 Å². The molecule has 0 spiro atoms. The van der Waals surface area contributed by atoms with Crippen molar-refractivity contribution in [2.24, 2.45) is 0 Å². The normalized spacial score (nSPS) is 15.4. The molecule has 0 radical (unpaired) electrons. The summed E-state index contributed by atoms with van der Waals surface area (Å²) in [6.45, 7) is 4.46. The average Bonchev–Trinajstić information content (AvgIpc) is 2.84. The summed E-state index contributed by atoms with van der Waals surface area (Å²) >= 11 is 0. The molecule has 0 aromatic heterocycles. The minimum absolute atomic E-state index is 0.0588. The fraction of sp³-hybridized carbons (Fsp3) is 0.435. The molecule has 1 aliphatic rings. The number of nitrogens with zero attached hydrogens (tertiary/aromatic N) is 2. The van der Waals surface area contributed by atoms with Crippen LogP contribution in [-0.2, 0) is 14.8 Å². The number of nitrogens with one attached hydrogen (secondary N) is 1. The lowest BCUT2D eigenvalue weighted by Crippen LogP contribution is -2.50. The number of rotatable bonds is 9. The molecule has 1 amide bonds. The van der Waals surface area contributed by atoms with Gasteiger partial charge >= 0.3 is 0 Å². The van der Waals surface area contributed by atoms with E-state index in [1.807, 2.05) is 37.3 Å². The minimum atomic E-state index is -3.96. The van der Waals surface area contributed by atoms with Crippen LogP contribution in [0.1, 0.15) is 18.4 Å². The molecule has 1 atom stereocenters. The molecule has 0 unspecified atom stereocenters. The van der Waals surface area contributed by atoms with E-state index in [-0.39, 0.29) is 29.8 Å². The molecule has 1 aliphatic heterocycles. The highest BCUT2D eigenvalue weighted by Gasteiger charge is 2.31. The summed E-state index contributed by atoms with van der Waals surface area (Å²) in [5, 5.41) is 3.20. The van der Waals surface area contributed by atoms with Crippen LogP contribution in [0.3, 0.4) is 0 Å². The number of piperazine rings is 1. The van der Waals surface area contributed by atoms with Crippen molar-refractivity contribution in [2.45, 2.75) is 17.7 Å². The zero-order valence-corrected chi connectivity index (χ0v) is 19.6. The maximum Gasteiger partial charge on any atom is 0.243 e. The lowest BCUT2D eigenvalue weighted by atomic mass is 10.0. The van der Waals surface area contributed by atoms with Crippen molar-refractivity contribution in [3.8, 4) is 11.5 Å². The number of hydrogen-bond acceptors (Lipinski definition) is 6. The molecule has 1 N–H and O–H groups in total. The van der Waals surface area contributed by atoms with Crippen LogP contribution < -0.4 is 14.8 Å². The number of sulfonamides is 1. The SMILES string of the molecule is COc1ccc(S(=O)(=O)N(CC(=O)N2CCNCC2)C[C@@H](C)c2ccccc2)cc1OC. The largest absolute Gasteiger partial charge is 0.493 e. The molecule has 2 aromatic rings. The van der Waals surface area contributed by atoms with Gasteiger partial charge in [-0.25, -0.2) is 8.42 Å². The molecule has 8 nitrogen and oxygen atoms in total. The second-order valence-corrected chi connectivity index (χ2v) is 9.69. The van der Waals surface area contributed by atoms with Crippen LogP contribution in [0.2, 0.25) is 0 Å². The summed E-state index contributed by atoms with van der Waals surface area (Å²) < 4.78 is 39.1. The van der Waals surface area contributed by atoms with Gasteiger partial charge in [0.25, 0.3) is 0 Å². The van der Waals surface area contributed by atoms with Crippen molar-refractivity contribution in [3.05, 3.63) is 54.1 Å². The van der Waals surface area contributed by atoms with Gasteiger partial charge in [-0.15, -0.1) is 0 Å². The first-order valence-corrected chi connectivity index (χ1v) is 12.1. The number of methoxy groups -OCH3 is 2. The van der Waals surface area contributed by atoms with Gasteiger partial charge in [-0.3, -0.25) is 4.79 Å². The van der Waals surface area contributed by atoms with Gasteiger partial charge in [-0.1, -0.05) is 37.3 Å². The van der Waals surface area contributed by atoms with Crippen molar-refractivity contribution >= 4 is 15.9 Å². The molecule has 1 saturated heterocycles. The predicted octanol–water partition coefficient (Wildman–Crippen LogP) is 1.93. The van der Waals surface area contributed by atoms with Gasteiger partial charge in [0, 0.05) is 38.8 Å². The van der Waals surface area contributed by atoms with E-state index in [1.165, 1.54) is 30.7 Å². The maximum atomic E-state index is 13.6. The second kappa shape index (κ2) is 10.8. The molecule has 174 valence electrons. The Morgan fingerprint density at radius 1 is 1.06 bits per heavy atom. The third-order valence-corrected chi connectivity index (χ3v) is 7.43. The molecule has 1 heterocycles. The summed E-state index contributed by atoms with van der Waals surface area (Å²) in [6, 6.07) is 14.2. The fourth-order valence-electron chi connectivity index (χ4n) is 3.73. The number of ether oxygens (including phenoxy) is 2. The van der Waals surface area contributed by atoms with E-state index in [2.05, 4.69) is 5.32 Å². The van der Waals surface area contributed by atoms with E-state index in [0.717, 1.165) is 5.56 Å².